The number of imidazole rings is 1. The molecule has 0 fully saturated rings. The highest BCUT2D eigenvalue weighted by Crippen LogP contribution is 2.38. The van der Waals surface area contributed by atoms with Crippen LogP contribution in [0, 0.1) is 5.82 Å². The Morgan fingerprint density at radius 2 is 2.10 bits per heavy atom. The maximum Gasteiger partial charge on any atom is 0.250 e. The van der Waals surface area contributed by atoms with Gasteiger partial charge in [-0.15, -0.1) is 0 Å². The summed E-state index contributed by atoms with van der Waals surface area (Å²) >= 11 is 6.49. The third kappa shape index (κ3) is 5.97. The summed E-state index contributed by atoms with van der Waals surface area (Å²) in [4.78, 5) is 27.6. The van der Waals surface area contributed by atoms with Gasteiger partial charge in [0.1, 0.15) is 42.7 Å². The molecule has 0 radical (unpaired) electrons. The fourth-order valence-corrected chi connectivity index (χ4v) is 4.71. The standard InChI is InChI=1S/C30H24ClFN6O3/c31-24-14-22(6-7-27(24)41-17-20-3-1-4-21(32)13-20)36-30-23-15-26-28(16-25(23)34-18-35-30)40-12-11-38(26)29(39)5-2-9-37-10-8-33-19-37/h1-8,10,13-16,18-19H,9,11-12,17H2,(H,34,35,36)/b5-2+. The Morgan fingerprint density at radius 1 is 1.17 bits per heavy atom. The molecule has 0 spiro atoms. The van der Waals surface area contributed by atoms with Gasteiger partial charge in [0.05, 0.1) is 29.1 Å². The summed E-state index contributed by atoms with van der Waals surface area (Å²) in [7, 11) is 0. The molecule has 1 aliphatic heterocycles. The number of fused-ring (bicyclic) bond motifs is 2. The first-order valence-corrected chi connectivity index (χ1v) is 13.2. The summed E-state index contributed by atoms with van der Waals surface area (Å²) in [5.74, 6) is 1.11. The van der Waals surface area contributed by atoms with Crippen molar-refractivity contribution in [3.8, 4) is 11.5 Å². The molecule has 1 amide bonds. The minimum Gasteiger partial charge on any atom is -0.489 e. The number of rotatable bonds is 8. The van der Waals surface area contributed by atoms with Gasteiger partial charge in [-0.05, 0) is 42.0 Å². The number of hydrogen-bond acceptors (Lipinski definition) is 7. The van der Waals surface area contributed by atoms with Crippen molar-refractivity contribution < 1.29 is 18.7 Å². The Hall–Kier alpha value is -4.96. The molecule has 0 atom stereocenters. The average Bonchev–Trinajstić information content (AvgIpc) is 3.49. The van der Waals surface area contributed by atoms with Gasteiger partial charge in [0.15, 0.2) is 0 Å². The zero-order valence-electron chi connectivity index (χ0n) is 21.7. The Morgan fingerprint density at radius 3 is 2.93 bits per heavy atom. The second-order valence-corrected chi connectivity index (χ2v) is 9.66. The lowest BCUT2D eigenvalue weighted by atomic mass is 10.1. The first kappa shape index (κ1) is 26.3. The number of allylic oxidation sites excluding steroid dienone is 1. The lowest BCUT2D eigenvalue weighted by Gasteiger charge is -2.29. The number of carbonyl (C=O) groups is 1. The molecule has 1 aliphatic rings. The van der Waals surface area contributed by atoms with E-state index in [9.17, 15) is 9.18 Å². The molecule has 9 nitrogen and oxygen atoms in total. The topological polar surface area (TPSA) is 94.4 Å². The fourth-order valence-electron chi connectivity index (χ4n) is 4.48. The number of halogens is 2. The predicted molar refractivity (Wildman–Crippen MR) is 154 cm³/mol. The monoisotopic (exact) mass is 570 g/mol. The van der Waals surface area contributed by atoms with E-state index in [1.54, 1.807) is 53.8 Å². The van der Waals surface area contributed by atoms with Crippen LogP contribution >= 0.6 is 11.6 Å². The van der Waals surface area contributed by atoms with Crippen LogP contribution in [0.25, 0.3) is 10.9 Å². The lowest BCUT2D eigenvalue weighted by Crippen LogP contribution is -2.37. The van der Waals surface area contributed by atoms with Crippen LogP contribution in [0.15, 0.2) is 91.8 Å². The molecule has 0 unspecified atom stereocenters. The number of benzene rings is 3. The summed E-state index contributed by atoms with van der Waals surface area (Å²) in [5, 5.41) is 4.38. The van der Waals surface area contributed by atoms with Crippen molar-refractivity contribution in [3.05, 3.63) is 108 Å². The van der Waals surface area contributed by atoms with E-state index in [4.69, 9.17) is 21.1 Å². The zero-order valence-corrected chi connectivity index (χ0v) is 22.5. The maximum absolute atomic E-state index is 13.5. The van der Waals surface area contributed by atoms with Crippen molar-refractivity contribution in [2.75, 3.05) is 23.4 Å². The fraction of sp³-hybridized carbons (Fsp3) is 0.133. The van der Waals surface area contributed by atoms with Gasteiger partial charge in [-0.25, -0.2) is 19.3 Å². The van der Waals surface area contributed by atoms with E-state index in [1.807, 2.05) is 29.0 Å². The number of nitrogens with zero attached hydrogens (tertiary/aromatic N) is 5. The number of nitrogens with one attached hydrogen (secondary N) is 1. The van der Waals surface area contributed by atoms with Gasteiger partial charge < -0.3 is 24.3 Å². The van der Waals surface area contributed by atoms with Gasteiger partial charge in [-0.2, -0.15) is 0 Å². The van der Waals surface area contributed by atoms with Crippen LogP contribution in [0.2, 0.25) is 5.02 Å². The molecule has 206 valence electrons. The van der Waals surface area contributed by atoms with E-state index in [0.29, 0.717) is 69.9 Å². The number of ether oxygens (including phenoxy) is 2. The third-order valence-electron chi connectivity index (χ3n) is 6.46. The SMILES string of the molecule is O=C(/C=C/Cn1ccnc1)N1CCOc2cc3ncnc(Nc4ccc(OCc5cccc(F)c5)c(Cl)c4)c3cc21. The number of anilines is 3. The van der Waals surface area contributed by atoms with Gasteiger partial charge in [0.2, 0.25) is 0 Å². The van der Waals surface area contributed by atoms with Crippen molar-refractivity contribution in [2.45, 2.75) is 13.2 Å². The van der Waals surface area contributed by atoms with Crippen molar-refractivity contribution in [2.24, 2.45) is 0 Å². The van der Waals surface area contributed by atoms with Crippen molar-refractivity contribution in [3.63, 3.8) is 0 Å². The summed E-state index contributed by atoms with van der Waals surface area (Å²) in [6.45, 7) is 1.51. The number of aromatic nitrogens is 4. The van der Waals surface area contributed by atoms with Gasteiger partial charge in [-0.3, -0.25) is 4.79 Å². The van der Waals surface area contributed by atoms with E-state index in [-0.39, 0.29) is 18.3 Å². The normalized spacial score (nSPS) is 12.8. The number of carbonyl (C=O) groups excluding carboxylic acids is 1. The predicted octanol–water partition coefficient (Wildman–Crippen LogP) is 5.92. The summed E-state index contributed by atoms with van der Waals surface area (Å²) < 4.78 is 27.0. The Labute approximate surface area is 239 Å². The van der Waals surface area contributed by atoms with Crippen LogP contribution in [0.3, 0.4) is 0 Å². The molecule has 0 saturated carbocycles. The first-order valence-electron chi connectivity index (χ1n) is 12.8. The van der Waals surface area contributed by atoms with E-state index in [1.165, 1.54) is 18.5 Å². The molecular weight excluding hydrogens is 547 g/mol. The van der Waals surface area contributed by atoms with Crippen LogP contribution in [-0.2, 0) is 17.9 Å². The first-order chi connectivity index (χ1) is 20.0. The maximum atomic E-state index is 13.5. The molecule has 5 aromatic rings. The van der Waals surface area contributed by atoms with Crippen molar-refractivity contribution >= 4 is 45.6 Å². The molecule has 2 aromatic heterocycles. The Kier molecular flexibility index (Phi) is 7.46. The summed E-state index contributed by atoms with van der Waals surface area (Å²) in [6.07, 6.45) is 10.0. The van der Waals surface area contributed by atoms with Crippen LogP contribution in [0.1, 0.15) is 5.56 Å². The average molecular weight is 571 g/mol. The molecule has 11 heteroatoms. The minimum absolute atomic E-state index is 0.152. The highest BCUT2D eigenvalue weighted by molar-refractivity contribution is 6.32. The van der Waals surface area contributed by atoms with Gasteiger partial charge in [-0.1, -0.05) is 29.8 Å². The highest BCUT2D eigenvalue weighted by Gasteiger charge is 2.24. The van der Waals surface area contributed by atoms with Gasteiger partial charge >= 0.3 is 0 Å². The van der Waals surface area contributed by atoms with E-state index < -0.39 is 0 Å². The van der Waals surface area contributed by atoms with Crippen molar-refractivity contribution in [1.29, 1.82) is 0 Å². The molecule has 3 aromatic carbocycles. The summed E-state index contributed by atoms with van der Waals surface area (Å²) in [6, 6.07) is 15.1. The molecule has 3 heterocycles. The number of amides is 1. The molecule has 1 N–H and O–H groups in total. The van der Waals surface area contributed by atoms with Crippen LogP contribution in [-0.4, -0.2) is 38.6 Å². The smallest absolute Gasteiger partial charge is 0.250 e. The molecule has 0 bridgehead atoms. The van der Waals surface area contributed by atoms with E-state index in [0.717, 1.165) is 0 Å². The minimum atomic E-state index is -0.323. The summed E-state index contributed by atoms with van der Waals surface area (Å²) in [5.41, 5.74) is 2.67. The molecular formula is C30H24ClFN6O3. The quantitative estimate of drug-likeness (QED) is 0.231. The zero-order chi connectivity index (χ0) is 28.2. The molecule has 41 heavy (non-hydrogen) atoms. The second kappa shape index (κ2) is 11.6. The van der Waals surface area contributed by atoms with Crippen LogP contribution < -0.4 is 19.7 Å². The van der Waals surface area contributed by atoms with Crippen LogP contribution in [0.4, 0.5) is 21.6 Å². The third-order valence-corrected chi connectivity index (χ3v) is 6.75. The Balaban J connectivity index is 1.22. The van der Waals surface area contributed by atoms with E-state index >= 15 is 0 Å². The molecule has 6 rings (SSSR count). The molecule has 0 saturated heterocycles. The second-order valence-electron chi connectivity index (χ2n) is 9.25. The number of hydrogen-bond donors (Lipinski definition) is 1. The van der Waals surface area contributed by atoms with Gasteiger partial charge in [0, 0.05) is 42.2 Å². The largest absolute Gasteiger partial charge is 0.489 e. The van der Waals surface area contributed by atoms with Crippen molar-refractivity contribution in [1.82, 2.24) is 19.5 Å². The highest BCUT2D eigenvalue weighted by atomic mass is 35.5. The van der Waals surface area contributed by atoms with Gasteiger partial charge in [0.25, 0.3) is 5.91 Å². The van der Waals surface area contributed by atoms with E-state index in [2.05, 4.69) is 20.3 Å². The van der Waals surface area contributed by atoms with Crippen LogP contribution in [0.5, 0.6) is 11.5 Å². The Bertz CT molecular complexity index is 1740. The molecule has 0 aliphatic carbocycles. The lowest BCUT2D eigenvalue weighted by molar-refractivity contribution is -0.114.